The lowest BCUT2D eigenvalue weighted by Crippen LogP contribution is -2.68. The molecule has 5 fully saturated rings. The molecule has 17 N–H and O–H groups in total. The molecule has 0 radical (unpaired) electrons. The van der Waals surface area contributed by atoms with Gasteiger partial charge in [0, 0.05) is 17.3 Å². The summed E-state index contributed by atoms with van der Waals surface area (Å²) in [5.41, 5.74) is 0.198. The molecule has 6 rings (SSSR count). The van der Waals surface area contributed by atoms with Crippen LogP contribution in [0.1, 0.15) is 5.56 Å². The third kappa shape index (κ3) is 10.8. The molecule has 25 atom stereocenters. The number of ether oxygens (including phenoxy) is 9. The minimum atomic E-state index is -2.15. The number of hydrogen-bond donors (Lipinski definition) is 17. The molecule has 0 bridgehead atoms. The van der Waals surface area contributed by atoms with Gasteiger partial charge in [0.25, 0.3) is 5.69 Å². The van der Waals surface area contributed by atoms with Gasteiger partial charge < -0.3 is 130 Å². The number of nitro groups is 1. The third-order valence-electron chi connectivity index (χ3n) is 12.1. The van der Waals surface area contributed by atoms with E-state index in [1.54, 1.807) is 0 Å². The molecular formula is C37H58N2O27. The van der Waals surface area contributed by atoms with Crippen LogP contribution in [-0.2, 0) is 42.6 Å². The second-order valence-electron chi connectivity index (χ2n) is 16.4. The number of rotatable bonds is 16. The monoisotopic (exact) mass is 962 g/mol. The summed E-state index contributed by atoms with van der Waals surface area (Å²) in [7, 11) is 0. The topological polar surface area (TPSA) is 462 Å². The van der Waals surface area contributed by atoms with Gasteiger partial charge in [-0.2, -0.15) is 0 Å². The number of hydrogen-bond acceptors (Lipinski definition) is 28. The molecule has 0 spiro atoms. The van der Waals surface area contributed by atoms with Crippen molar-refractivity contribution >= 4 is 11.4 Å². The van der Waals surface area contributed by atoms with Crippen molar-refractivity contribution in [2.45, 2.75) is 160 Å². The normalized spacial score (nSPS) is 46.8. The molecule has 5 saturated heterocycles. The van der Waals surface area contributed by atoms with E-state index in [0.717, 1.165) is 6.07 Å². The number of aliphatic hydroxyl groups excluding tert-OH is 16. The summed E-state index contributed by atoms with van der Waals surface area (Å²) < 4.78 is 50.3. The Morgan fingerprint density at radius 3 is 1.18 bits per heavy atom. The Labute approximate surface area is 373 Å². The standard InChI is InChI=1S/C37H58N2O27/c1-10-2-3-11(4-12(10)39(56)57)38-33-24(51)20(47)29(14(6-41)58-33)63-35-26(53)22(49)31(16(8-43)60-35)65-37-28(55)23(50)32(17(9-44)62-37)66-36-27(54)21(48)30(15(7-42)61-36)64-34-25(52)19(46)18(45)13(5-40)59-34/h2-4,13-38,40-55H,5-9H2,1H3/t13-,14-,15-,16+,17-,18-,19+,20-,21-,22+,23-,24+,25+,26+,27+,28+,29-,30-,31+,32-,33-,34+,35-,36+,37+/m1/s1. The van der Waals surface area contributed by atoms with Crippen LogP contribution < -0.4 is 5.32 Å². The van der Waals surface area contributed by atoms with Gasteiger partial charge in [-0.1, -0.05) is 6.07 Å². The maximum Gasteiger partial charge on any atom is 0.274 e. The molecule has 0 saturated carbocycles. The summed E-state index contributed by atoms with van der Waals surface area (Å²) in [6, 6.07) is 4.04. The first-order chi connectivity index (χ1) is 31.3. The zero-order valence-electron chi connectivity index (χ0n) is 34.8. The quantitative estimate of drug-likeness (QED) is 0.0540. The zero-order valence-corrected chi connectivity index (χ0v) is 34.8. The van der Waals surface area contributed by atoms with Gasteiger partial charge in [-0.25, -0.2) is 0 Å². The molecule has 66 heavy (non-hydrogen) atoms. The fraction of sp³-hybridized carbons (Fsp3) is 0.838. The summed E-state index contributed by atoms with van der Waals surface area (Å²) in [4.78, 5) is 10.8. The van der Waals surface area contributed by atoms with Crippen molar-refractivity contribution < 1.29 is 129 Å². The number of anilines is 1. The Morgan fingerprint density at radius 1 is 0.485 bits per heavy atom. The number of aliphatic hydroxyl groups is 16. The van der Waals surface area contributed by atoms with Gasteiger partial charge in [-0.3, -0.25) is 10.1 Å². The van der Waals surface area contributed by atoms with E-state index in [4.69, 9.17) is 42.6 Å². The Kier molecular flexibility index (Phi) is 18.0. The van der Waals surface area contributed by atoms with Crippen LogP contribution in [-0.4, -0.2) is 273 Å². The first-order valence-corrected chi connectivity index (χ1v) is 20.7. The molecule has 29 nitrogen and oxygen atoms in total. The summed E-state index contributed by atoms with van der Waals surface area (Å²) in [6.07, 6.45) is -45.9. The molecular weight excluding hydrogens is 904 g/mol. The van der Waals surface area contributed by atoms with Crippen molar-refractivity contribution in [1.29, 1.82) is 0 Å². The highest BCUT2D eigenvalue weighted by atomic mass is 16.8. The van der Waals surface area contributed by atoms with E-state index in [9.17, 15) is 91.8 Å². The van der Waals surface area contributed by atoms with E-state index in [1.165, 1.54) is 19.1 Å². The second kappa shape index (κ2) is 22.4. The van der Waals surface area contributed by atoms with Gasteiger partial charge in [0.1, 0.15) is 122 Å². The van der Waals surface area contributed by atoms with Gasteiger partial charge >= 0.3 is 0 Å². The van der Waals surface area contributed by atoms with Gasteiger partial charge in [-0.05, 0) is 13.0 Å². The summed E-state index contributed by atoms with van der Waals surface area (Å²) in [6.45, 7) is -3.10. The van der Waals surface area contributed by atoms with Crippen molar-refractivity contribution in [3.05, 3.63) is 33.9 Å². The van der Waals surface area contributed by atoms with Crippen molar-refractivity contribution in [3.8, 4) is 0 Å². The zero-order chi connectivity index (χ0) is 48.5. The average Bonchev–Trinajstić information content (AvgIpc) is 3.30. The molecule has 5 heterocycles. The van der Waals surface area contributed by atoms with Crippen molar-refractivity contribution in [1.82, 2.24) is 0 Å². The lowest BCUT2D eigenvalue weighted by molar-refractivity contribution is -0.391. The summed E-state index contributed by atoms with van der Waals surface area (Å²) in [5, 5.41) is 183. The first-order valence-electron chi connectivity index (χ1n) is 20.7. The maximum absolute atomic E-state index is 11.4. The first kappa shape index (κ1) is 52.8. The fourth-order valence-corrected chi connectivity index (χ4v) is 8.23. The Balaban J connectivity index is 1.07. The van der Waals surface area contributed by atoms with Gasteiger partial charge in [0.15, 0.2) is 31.4 Å². The van der Waals surface area contributed by atoms with Gasteiger partial charge in [0.05, 0.1) is 38.0 Å². The highest BCUT2D eigenvalue weighted by Gasteiger charge is 2.56. The number of nitro benzene ring substituents is 1. The molecule has 5 aliphatic heterocycles. The molecule has 378 valence electrons. The minimum absolute atomic E-state index is 0.116. The highest BCUT2D eigenvalue weighted by Crippen LogP contribution is 2.36. The lowest BCUT2D eigenvalue weighted by atomic mass is 9.95. The predicted molar refractivity (Wildman–Crippen MR) is 206 cm³/mol. The second-order valence-corrected chi connectivity index (χ2v) is 16.4. The van der Waals surface area contributed by atoms with Crippen molar-refractivity contribution in [3.63, 3.8) is 0 Å². The molecule has 29 heteroatoms. The van der Waals surface area contributed by atoms with Crippen LogP contribution in [0.2, 0.25) is 0 Å². The SMILES string of the molecule is Cc1ccc(N[C@@H]2O[C@H](CO)[C@@H](O[C@H]3O[C@@H](CO)[C@H](O[C@@H]4O[C@H](CO)[C@@H](O[C@@H]5O[C@H](CO)[C@@H](O[C@@H]6O[C@H](CO)[C@@H](O)[C@H](O)[C@@H]6O)[C@H](O)[C@@H]5O)[C@H](O)[C@@H]4O)[C@@H](O)[C@@H]3O)[C@H](O)[C@@H]2O)cc1[N+](=O)[O-]. The Morgan fingerprint density at radius 2 is 0.818 bits per heavy atom. The van der Waals surface area contributed by atoms with Crippen molar-refractivity contribution in [2.24, 2.45) is 0 Å². The number of nitrogens with one attached hydrogen (secondary N) is 1. The number of nitrogens with zero attached hydrogens (tertiary/aromatic N) is 1. The summed E-state index contributed by atoms with van der Waals surface area (Å²) in [5.74, 6) is 0. The number of benzene rings is 1. The lowest BCUT2D eigenvalue weighted by Gasteiger charge is -2.49. The van der Waals surface area contributed by atoms with Gasteiger partial charge in [-0.15, -0.1) is 0 Å². The van der Waals surface area contributed by atoms with E-state index in [1.807, 2.05) is 0 Å². The van der Waals surface area contributed by atoms with Crippen LogP contribution in [0.4, 0.5) is 11.4 Å². The Hall–Kier alpha value is -2.58. The number of aryl methyl sites for hydroxylation is 1. The van der Waals surface area contributed by atoms with E-state index in [2.05, 4.69) is 5.32 Å². The molecule has 0 aromatic heterocycles. The molecule has 5 aliphatic rings. The van der Waals surface area contributed by atoms with E-state index < -0.39 is 191 Å². The van der Waals surface area contributed by atoms with Crippen LogP contribution in [0, 0.1) is 17.0 Å². The third-order valence-corrected chi connectivity index (χ3v) is 12.1. The fourth-order valence-electron chi connectivity index (χ4n) is 8.23. The Bertz CT molecular complexity index is 1710. The molecule has 0 amide bonds. The minimum Gasteiger partial charge on any atom is -0.394 e. The predicted octanol–water partition coefficient (Wildman–Crippen LogP) is -9.59. The average molecular weight is 963 g/mol. The summed E-state index contributed by atoms with van der Waals surface area (Å²) >= 11 is 0. The molecule has 0 aliphatic carbocycles. The van der Waals surface area contributed by atoms with Crippen LogP contribution in [0.25, 0.3) is 0 Å². The van der Waals surface area contributed by atoms with E-state index in [0.29, 0.717) is 5.56 Å². The maximum atomic E-state index is 11.4. The van der Waals surface area contributed by atoms with E-state index in [-0.39, 0.29) is 11.4 Å². The van der Waals surface area contributed by atoms with Gasteiger partial charge in [0.2, 0.25) is 0 Å². The van der Waals surface area contributed by atoms with Crippen LogP contribution in [0.5, 0.6) is 0 Å². The van der Waals surface area contributed by atoms with Crippen LogP contribution in [0.15, 0.2) is 18.2 Å². The highest BCUT2D eigenvalue weighted by molar-refractivity contribution is 5.55. The molecule has 0 unspecified atom stereocenters. The molecule has 1 aromatic rings. The molecule has 1 aromatic carbocycles. The largest absolute Gasteiger partial charge is 0.394 e. The van der Waals surface area contributed by atoms with Crippen molar-refractivity contribution in [2.75, 3.05) is 38.4 Å². The van der Waals surface area contributed by atoms with E-state index >= 15 is 0 Å². The smallest absolute Gasteiger partial charge is 0.274 e. The van der Waals surface area contributed by atoms with Crippen LogP contribution >= 0.6 is 0 Å². The van der Waals surface area contributed by atoms with Crippen LogP contribution in [0.3, 0.4) is 0 Å².